The van der Waals surface area contributed by atoms with E-state index in [4.69, 9.17) is 11.6 Å². The van der Waals surface area contributed by atoms with Crippen molar-refractivity contribution in [3.8, 4) is 5.75 Å². The molecule has 0 unspecified atom stereocenters. The molecule has 0 spiro atoms. The van der Waals surface area contributed by atoms with Crippen molar-refractivity contribution in [2.75, 3.05) is 6.61 Å². The number of nitrogens with zero attached hydrogens (tertiary/aromatic N) is 1. The first kappa shape index (κ1) is 16.5. The van der Waals surface area contributed by atoms with E-state index in [1.807, 2.05) is 0 Å². The monoisotopic (exact) mass is 315 g/mol. The quantitative estimate of drug-likeness (QED) is 0.476. The highest BCUT2D eigenvalue weighted by Crippen LogP contribution is 2.28. The van der Waals surface area contributed by atoms with E-state index < -0.39 is 29.8 Å². The molecule has 1 rings (SSSR count). The van der Waals surface area contributed by atoms with Crippen molar-refractivity contribution in [1.82, 2.24) is 4.98 Å². The lowest BCUT2D eigenvalue weighted by Gasteiger charge is -2.13. The molecule has 0 bridgehead atoms. The fourth-order valence-corrected chi connectivity index (χ4v) is 1.65. The van der Waals surface area contributed by atoms with Crippen LogP contribution < -0.4 is 4.74 Å². The number of hydrogen-bond acceptors (Lipinski definition) is 4. The summed E-state index contributed by atoms with van der Waals surface area (Å²) in [6, 6.07) is 0. The molecule has 0 aliphatic heterocycles. The molecule has 9 heteroatoms. The summed E-state index contributed by atoms with van der Waals surface area (Å²) in [6.07, 6.45) is -4.89. The molecule has 1 heterocycles. The highest BCUT2D eigenvalue weighted by molar-refractivity contribution is 6.17. The molecule has 1 aromatic heterocycles. The number of halogens is 5. The summed E-state index contributed by atoms with van der Waals surface area (Å²) in [7, 11) is 0. The molecule has 0 aliphatic rings. The first-order chi connectivity index (χ1) is 9.28. The number of alkyl halides is 4. The van der Waals surface area contributed by atoms with Crippen molar-refractivity contribution in [1.29, 1.82) is 0 Å². The Morgan fingerprint density at radius 3 is 2.60 bits per heavy atom. The summed E-state index contributed by atoms with van der Waals surface area (Å²) < 4.78 is 58.0. The molecule has 112 valence electrons. The second-order valence-electron chi connectivity index (χ2n) is 3.52. The van der Waals surface area contributed by atoms with Crippen molar-refractivity contribution < 1.29 is 31.8 Å². The molecular formula is C11H10ClF4NO3. The van der Waals surface area contributed by atoms with Gasteiger partial charge in [0.2, 0.25) is 0 Å². The second-order valence-corrected chi connectivity index (χ2v) is 3.79. The van der Waals surface area contributed by atoms with Crippen molar-refractivity contribution in [3.63, 3.8) is 0 Å². The minimum Gasteiger partial charge on any atom is -0.466 e. The molecule has 0 aliphatic carbocycles. The average molecular weight is 316 g/mol. The van der Waals surface area contributed by atoms with Crippen LogP contribution in [-0.2, 0) is 21.8 Å². The largest absolute Gasteiger partial charge is 0.573 e. The number of hydrogen-bond donors (Lipinski definition) is 0. The van der Waals surface area contributed by atoms with Crippen LogP contribution in [0.3, 0.4) is 0 Å². The number of ether oxygens (including phenoxy) is 2. The number of carbonyl (C=O) groups excluding carboxylic acids is 1. The number of esters is 1. The first-order valence-electron chi connectivity index (χ1n) is 5.42. The van der Waals surface area contributed by atoms with Crippen molar-refractivity contribution in [2.45, 2.75) is 25.6 Å². The van der Waals surface area contributed by atoms with E-state index in [2.05, 4.69) is 14.5 Å². The fourth-order valence-electron chi connectivity index (χ4n) is 1.38. The van der Waals surface area contributed by atoms with Crippen molar-refractivity contribution in [3.05, 3.63) is 23.3 Å². The van der Waals surface area contributed by atoms with Crippen LogP contribution in [0.25, 0.3) is 0 Å². The van der Waals surface area contributed by atoms with Gasteiger partial charge in [0.05, 0.1) is 30.8 Å². The van der Waals surface area contributed by atoms with Crippen LogP contribution in [0.5, 0.6) is 5.75 Å². The molecule has 4 nitrogen and oxygen atoms in total. The van der Waals surface area contributed by atoms with Crippen molar-refractivity contribution >= 4 is 17.6 Å². The van der Waals surface area contributed by atoms with Gasteiger partial charge in [-0.25, -0.2) is 4.39 Å². The van der Waals surface area contributed by atoms with Crippen LogP contribution in [0.4, 0.5) is 17.6 Å². The number of aromatic nitrogens is 1. The van der Waals surface area contributed by atoms with Crippen LogP contribution in [0.15, 0.2) is 6.20 Å². The molecule has 0 saturated heterocycles. The molecule has 0 fully saturated rings. The molecule has 1 aromatic rings. The second kappa shape index (κ2) is 6.74. The lowest BCUT2D eigenvalue weighted by molar-refractivity contribution is -0.275. The van der Waals surface area contributed by atoms with Gasteiger partial charge in [-0.3, -0.25) is 9.78 Å². The maximum atomic E-state index is 13.8. The Labute approximate surface area is 116 Å². The van der Waals surface area contributed by atoms with Gasteiger partial charge in [-0.15, -0.1) is 24.8 Å². The van der Waals surface area contributed by atoms with Crippen LogP contribution in [0, 0.1) is 5.82 Å². The molecule has 0 saturated carbocycles. The van der Waals surface area contributed by atoms with Crippen LogP contribution in [0.1, 0.15) is 18.2 Å². The van der Waals surface area contributed by atoms with E-state index in [0.717, 1.165) is 0 Å². The smallest absolute Gasteiger partial charge is 0.466 e. The van der Waals surface area contributed by atoms with Gasteiger partial charge in [-0.1, -0.05) is 0 Å². The van der Waals surface area contributed by atoms with E-state index in [1.165, 1.54) is 0 Å². The predicted molar refractivity (Wildman–Crippen MR) is 60.8 cm³/mol. The van der Waals surface area contributed by atoms with Gasteiger partial charge in [0, 0.05) is 5.56 Å². The number of rotatable bonds is 5. The zero-order chi connectivity index (χ0) is 15.3. The third-order valence-electron chi connectivity index (χ3n) is 2.14. The minimum absolute atomic E-state index is 0.0922. The molecule has 0 radical (unpaired) electrons. The van der Waals surface area contributed by atoms with Crippen LogP contribution in [0.2, 0.25) is 0 Å². The maximum absolute atomic E-state index is 13.8. The average Bonchev–Trinajstić information content (AvgIpc) is 2.32. The van der Waals surface area contributed by atoms with E-state index in [0.29, 0.717) is 6.20 Å². The lowest BCUT2D eigenvalue weighted by Crippen LogP contribution is -2.19. The third kappa shape index (κ3) is 4.52. The highest BCUT2D eigenvalue weighted by Gasteiger charge is 2.33. The maximum Gasteiger partial charge on any atom is 0.573 e. The molecular weight excluding hydrogens is 306 g/mol. The molecule has 0 aromatic carbocycles. The summed E-state index contributed by atoms with van der Waals surface area (Å²) >= 11 is 5.47. The first-order valence-corrected chi connectivity index (χ1v) is 5.95. The van der Waals surface area contributed by atoms with E-state index in [9.17, 15) is 22.4 Å². The summed E-state index contributed by atoms with van der Waals surface area (Å²) in [4.78, 5) is 14.8. The van der Waals surface area contributed by atoms with E-state index >= 15 is 0 Å². The summed E-state index contributed by atoms with van der Waals surface area (Å²) in [5, 5.41) is 0. The van der Waals surface area contributed by atoms with Gasteiger partial charge in [0.25, 0.3) is 0 Å². The number of carbonyl (C=O) groups is 1. The predicted octanol–water partition coefficient (Wildman–Crippen LogP) is 2.96. The fraction of sp³-hybridized carbons (Fsp3) is 0.455. The Morgan fingerprint density at radius 1 is 1.45 bits per heavy atom. The Bertz CT molecular complexity index is 493. The SMILES string of the molecule is CCOC(=O)Cc1ncc(OC(F)(F)F)c(F)c1CCl. The Morgan fingerprint density at radius 2 is 2.10 bits per heavy atom. The molecule has 0 amide bonds. The van der Waals surface area contributed by atoms with Gasteiger partial charge in [-0.2, -0.15) is 0 Å². The van der Waals surface area contributed by atoms with Gasteiger partial charge < -0.3 is 9.47 Å². The lowest BCUT2D eigenvalue weighted by atomic mass is 10.1. The van der Waals surface area contributed by atoms with Gasteiger partial charge in [0.1, 0.15) is 0 Å². The molecule has 20 heavy (non-hydrogen) atoms. The minimum atomic E-state index is -5.05. The zero-order valence-electron chi connectivity index (χ0n) is 10.3. The highest BCUT2D eigenvalue weighted by atomic mass is 35.5. The Balaban J connectivity index is 3.05. The summed E-state index contributed by atoms with van der Waals surface area (Å²) in [5.41, 5.74) is -0.424. The zero-order valence-corrected chi connectivity index (χ0v) is 11.0. The third-order valence-corrected chi connectivity index (χ3v) is 2.41. The van der Waals surface area contributed by atoms with Crippen LogP contribution >= 0.6 is 11.6 Å². The van der Waals surface area contributed by atoms with E-state index in [-0.39, 0.29) is 24.3 Å². The normalized spacial score (nSPS) is 11.3. The standard InChI is InChI=1S/C11H10ClF4NO3/c1-2-19-9(18)3-7-6(4-12)10(13)8(5-17-7)20-11(14,15)16/h5H,2-4H2,1H3. The van der Waals surface area contributed by atoms with Crippen LogP contribution in [-0.4, -0.2) is 23.9 Å². The van der Waals surface area contributed by atoms with Gasteiger partial charge in [0.15, 0.2) is 11.6 Å². The Hall–Kier alpha value is -1.57. The van der Waals surface area contributed by atoms with Crippen molar-refractivity contribution in [2.24, 2.45) is 0 Å². The number of pyridine rings is 1. The van der Waals surface area contributed by atoms with Gasteiger partial charge >= 0.3 is 12.3 Å². The Kier molecular flexibility index (Phi) is 5.55. The summed E-state index contributed by atoms with van der Waals surface area (Å²) in [6.45, 7) is 1.70. The van der Waals surface area contributed by atoms with Gasteiger partial charge in [-0.05, 0) is 6.92 Å². The molecule has 0 atom stereocenters. The van der Waals surface area contributed by atoms with E-state index in [1.54, 1.807) is 6.92 Å². The molecule has 0 N–H and O–H groups in total. The topological polar surface area (TPSA) is 48.4 Å². The summed E-state index contributed by atoms with van der Waals surface area (Å²) in [5.74, 6) is -3.54.